The molecule has 0 aliphatic heterocycles. The van der Waals surface area contributed by atoms with Crippen LogP contribution >= 0.6 is 22.6 Å². The highest BCUT2D eigenvalue weighted by Crippen LogP contribution is 2.27. The van der Waals surface area contributed by atoms with Crippen LogP contribution in [0.15, 0.2) is 18.2 Å². The summed E-state index contributed by atoms with van der Waals surface area (Å²) in [6.07, 6.45) is 2.58. The van der Waals surface area contributed by atoms with E-state index in [1.54, 1.807) is 12.1 Å². The molecule has 0 spiro atoms. The summed E-state index contributed by atoms with van der Waals surface area (Å²) >= 11 is 2.09. The molecule has 1 aliphatic rings. The SMILES string of the molecule is CCN(CCNc1ccc(I)cc1[N+](=O)[O-])C1CC1. The summed E-state index contributed by atoms with van der Waals surface area (Å²) in [5.74, 6) is 0. The molecule has 1 aromatic rings. The maximum atomic E-state index is 11.0. The molecule has 5 nitrogen and oxygen atoms in total. The molecule has 19 heavy (non-hydrogen) atoms. The Labute approximate surface area is 126 Å². The average Bonchev–Trinajstić information content (AvgIpc) is 3.20. The highest BCUT2D eigenvalue weighted by molar-refractivity contribution is 14.1. The Balaban J connectivity index is 1.93. The van der Waals surface area contributed by atoms with E-state index in [1.165, 1.54) is 12.8 Å². The van der Waals surface area contributed by atoms with Gasteiger partial charge in [-0.2, -0.15) is 0 Å². The zero-order chi connectivity index (χ0) is 13.8. The molecule has 0 heterocycles. The number of nitro benzene ring substituents is 1. The Morgan fingerprint density at radius 3 is 2.84 bits per heavy atom. The Bertz CT molecular complexity index is 463. The van der Waals surface area contributed by atoms with Gasteiger partial charge in [-0.15, -0.1) is 0 Å². The zero-order valence-corrected chi connectivity index (χ0v) is 13.1. The Kier molecular flexibility index (Phi) is 4.98. The lowest BCUT2D eigenvalue weighted by Gasteiger charge is -2.20. The number of hydrogen-bond donors (Lipinski definition) is 1. The summed E-state index contributed by atoms with van der Waals surface area (Å²) in [4.78, 5) is 13.1. The van der Waals surface area contributed by atoms with Gasteiger partial charge in [0.05, 0.1) is 4.92 Å². The van der Waals surface area contributed by atoms with Crippen molar-refractivity contribution in [3.05, 3.63) is 31.9 Å². The quantitative estimate of drug-likeness (QED) is 0.452. The molecule has 1 fully saturated rings. The summed E-state index contributed by atoms with van der Waals surface area (Å²) < 4.78 is 0.878. The second-order valence-corrected chi connectivity index (χ2v) is 5.95. The minimum absolute atomic E-state index is 0.154. The van der Waals surface area contributed by atoms with Crippen molar-refractivity contribution in [2.45, 2.75) is 25.8 Å². The van der Waals surface area contributed by atoms with Crippen LogP contribution in [0.5, 0.6) is 0 Å². The monoisotopic (exact) mass is 375 g/mol. The highest BCUT2D eigenvalue weighted by Gasteiger charge is 2.27. The van der Waals surface area contributed by atoms with Crippen molar-refractivity contribution in [2.75, 3.05) is 25.0 Å². The van der Waals surface area contributed by atoms with Crippen LogP contribution in [-0.2, 0) is 0 Å². The first-order valence-corrected chi connectivity index (χ1v) is 7.61. The van der Waals surface area contributed by atoms with Gasteiger partial charge in [-0.25, -0.2) is 0 Å². The lowest BCUT2D eigenvalue weighted by molar-refractivity contribution is -0.384. The molecule has 1 aliphatic carbocycles. The lowest BCUT2D eigenvalue weighted by atomic mass is 10.2. The Hall–Kier alpha value is -0.890. The maximum Gasteiger partial charge on any atom is 0.293 e. The Morgan fingerprint density at radius 2 is 2.26 bits per heavy atom. The molecule has 0 amide bonds. The second kappa shape index (κ2) is 6.51. The molecule has 1 aromatic carbocycles. The fourth-order valence-electron chi connectivity index (χ4n) is 2.18. The van der Waals surface area contributed by atoms with E-state index in [0.29, 0.717) is 5.69 Å². The van der Waals surface area contributed by atoms with E-state index in [4.69, 9.17) is 0 Å². The van der Waals surface area contributed by atoms with Gasteiger partial charge in [-0.1, -0.05) is 6.92 Å². The van der Waals surface area contributed by atoms with Crippen LogP contribution in [0.4, 0.5) is 11.4 Å². The zero-order valence-electron chi connectivity index (χ0n) is 10.9. The third kappa shape index (κ3) is 4.04. The average molecular weight is 375 g/mol. The summed E-state index contributed by atoms with van der Waals surface area (Å²) in [6, 6.07) is 6.00. The predicted molar refractivity (Wildman–Crippen MR) is 84.6 cm³/mol. The van der Waals surface area contributed by atoms with Crippen LogP contribution in [0.3, 0.4) is 0 Å². The first kappa shape index (κ1) is 14.5. The topological polar surface area (TPSA) is 58.4 Å². The maximum absolute atomic E-state index is 11.0. The molecular weight excluding hydrogens is 357 g/mol. The van der Waals surface area contributed by atoms with E-state index < -0.39 is 0 Å². The molecule has 104 valence electrons. The third-order valence-corrected chi connectivity index (χ3v) is 4.01. The summed E-state index contributed by atoms with van der Waals surface area (Å²) in [7, 11) is 0. The largest absolute Gasteiger partial charge is 0.378 e. The van der Waals surface area contributed by atoms with E-state index in [1.807, 2.05) is 6.07 Å². The third-order valence-electron chi connectivity index (χ3n) is 3.34. The number of nitrogens with zero attached hydrogens (tertiary/aromatic N) is 2. The van der Waals surface area contributed by atoms with E-state index in [0.717, 1.165) is 29.2 Å². The summed E-state index contributed by atoms with van der Waals surface area (Å²) in [5.41, 5.74) is 0.763. The van der Waals surface area contributed by atoms with Crippen molar-refractivity contribution in [3.8, 4) is 0 Å². The normalized spacial score (nSPS) is 14.7. The van der Waals surface area contributed by atoms with Crippen LogP contribution < -0.4 is 5.32 Å². The van der Waals surface area contributed by atoms with Gasteiger partial charge in [0.15, 0.2) is 0 Å². The molecule has 0 bridgehead atoms. The molecule has 0 unspecified atom stereocenters. The summed E-state index contributed by atoms with van der Waals surface area (Å²) in [6.45, 7) is 4.88. The standard InChI is InChI=1S/C13H18IN3O2/c1-2-16(11-4-5-11)8-7-15-12-6-3-10(14)9-13(12)17(18)19/h3,6,9,11,15H,2,4-5,7-8H2,1H3. The van der Waals surface area contributed by atoms with Crippen LogP contribution in [0.25, 0.3) is 0 Å². The molecule has 1 N–H and O–H groups in total. The van der Waals surface area contributed by atoms with Crippen LogP contribution in [0.2, 0.25) is 0 Å². The van der Waals surface area contributed by atoms with Crippen molar-refractivity contribution in [2.24, 2.45) is 0 Å². The van der Waals surface area contributed by atoms with E-state index in [-0.39, 0.29) is 10.6 Å². The number of nitro groups is 1. The Morgan fingerprint density at radius 1 is 1.53 bits per heavy atom. The van der Waals surface area contributed by atoms with E-state index in [9.17, 15) is 10.1 Å². The van der Waals surface area contributed by atoms with Gasteiger partial charge in [-0.3, -0.25) is 15.0 Å². The van der Waals surface area contributed by atoms with E-state index >= 15 is 0 Å². The molecule has 0 atom stereocenters. The number of halogens is 1. The second-order valence-electron chi connectivity index (χ2n) is 4.71. The first-order valence-electron chi connectivity index (χ1n) is 6.53. The molecule has 6 heteroatoms. The molecule has 2 rings (SSSR count). The van der Waals surface area contributed by atoms with Crippen LogP contribution in [-0.4, -0.2) is 35.5 Å². The number of nitrogens with one attached hydrogen (secondary N) is 1. The minimum Gasteiger partial charge on any atom is -0.378 e. The highest BCUT2D eigenvalue weighted by atomic mass is 127. The van der Waals surface area contributed by atoms with Gasteiger partial charge >= 0.3 is 0 Å². The number of anilines is 1. The van der Waals surface area contributed by atoms with Gasteiger partial charge in [0.1, 0.15) is 5.69 Å². The summed E-state index contributed by atoms with van der Waals surface area (Å²) in [5, 5.41) is 14.2. The fraction of sp³-hybridized carbons (Fsp3) is 0.538. The van der Waals surface area contributed by atoms with Crippen LogP contribution in [0, 0.1) is 13.7 Å². The van der Waals surface area contributed by atoms with E-state index in [2.05, 4.69) is 39.7 Å². The number of likely N-dealkylation sites (N-methyl/N-ethyl adjacent to an activating group) is 1. The fourth-order valence-corrected chi connectivity index (χ4v) is 2.65. The first-order chi connectivity index (χ1) is 9.11. The van der Waals surface area contributed by atoms with Gasteiger partial charge in [0.25, 0.3) is 5.69 Å². The van der Waals surface area contributed by atoms with Crippen molar-refractivity contribution >= 4 is 34.0 Å². The molecular formula is C13H18IN3O2. The van der Waals surface area contributed by atoms with Gasteiger partial charge < -0.3 is 5.32 Å². The molecule has 0 radical (unpaired) electrons. The lowest BCUT2D eigenvalue weighted by Crippen LogP contribution is -2.30. The van der Waals surface area contributed by atoms with Crippen LogP contribution in [0.1, 0.15) is 19.8 Å². The van der Waals surface area contributed by atoms with Gasteiger partial charge in [0, 0.05) is 28.8 Å². The van der Waals surface area contributed by atoms with Crippen molar-refractivity contribution in [1.82, 2.24) is 4.90 Å². The molecule has 1 saturated carbocycles. The predicted octanol–water partition coefficient (Wildman–Crippen LogP) is 3.10. The molecule has 0 saturated heterocycles. The number of hydrogen-bond acceptors (Lipinski definition) is 4. The van der Waals surface area contributed by atoms with Gasteiger partial charge in [0.2, 0.25) is 0 Å². The number of benzene rings is 1. The van der Waals surface area contributed by atoms with Crippen molar-refractivity contribution in [3.63, 3.8) is 0 Å². The molecule has 0 aromatic heterocycles. The van der Waals surface area contributed by atoms with Gasteiger partial charge in [-0.05, 0) is 54.1 Å². The minimum atomic E-state index is -0.330. The number of rotatable bonds is 7. The van der Waals surface area contributed by atoms with Crippen molar-refractivity contribution < 1.29 is 4.92 Å². The van der Waals surface area contributed by atoms with Crippen molar-refractivity contribution in [1.29, 1.82) is 0 Å². The smallest absolute Gasteiger partial charge is 0.293 e.